The predicted octanol–water partition coefficient (Wildman–Crippen LogP) is 1.90. The monoisotopic (exact) mass is 423 g/mol. The first-order chi connectivity index (χ1) is 12.4. The highest BCUT2D eigenvalue weighted by Crippen LogP contribution is 2.16. The van der Waals surface area contributed by atoms with Crippen molar-refractivity contribution in [3.8, 4) is 0 Å². The molecule has 0 saturated carbocycles. The molecule has 0 radical (unpaired) electrons. The number of nitrogens with zero attached hydrogens (tertiary/aromatic N) is 2. The van der Waals surface area contributed by atoms with Crippen molar-refractivity contribution in [3.05, 3.63) is 46.1 Å². The van der Waals surface area contributed by atoms with Crippen LogP contribution in [0, 0.1) is 5.92 Å². The average Bonchev–Trinajstić information content (AvgIpc) is 2.62. The van der Waals surface area contributed by atoms with Gasteiger partial charge in [0.25, 0.3) is 0 Å². The van der Waals surface area contributed by atoms with Gasteiger partial charge in [-0.15, -0.1) is 0 Å². The van der Waals surface area contributed by atoms with Crippen molar-refractivity contribution in [1.82, 2.24) is 9.80 Å². The van der Waals surface area contributed by atoms with Crippen LogP contribution in [0.25, 0.3) is 0 Å². The Morgan fingerprint density at radius 3 is 2.42 bits per heavy atom. The summed E-state index contributed by atoms with van der Waals surface area (Å²) < 4.78 is 5.84. The van der Waals surface area contributed by atoms with Crippen molar-refractivity contribution in [1.29, 1.82) is 0 Å². The number of benzene rings is 1. The number of hydrogen-bond acceptors (Lipinski definition) is 6. The van der Waals surface area contributed by atoms with Gasteiger partial charge in [0, 0.05) is 61.0 Å². The number of esters is 1. The molecule has 1 fully saturated rings. The van der Waals surface area contributed by atoms with Crippen LogP contribution < -0.4 is 5.73 Å². The number of carbonyl (C=O) groups is 2. The van der Waals surface area contributed by atoms with Crippen molar-refractivity contribution >= 4 is 27.7 Å². The molecule has 1 saturated heterocycles. The fourth-order valence-electron chi connectivity index (χ4n) is 2.94. The Morgan fingerprint density at radius 1 is 1.23 bits per heavy atom. The highest BCUT2D eigenvalue weighted by atomic mass is 79.9. The number of methoxy groups -OCH3 is 1. The van der Waals surface area contributed by atoms with Crippen molar-refractivity contribution in [2.75, 3.05) is 46.9 Å². The van der Waals surface area contributed by atoms with Crippen LogP contribution in [0.4, 0.5) is 0 Å². The highest BCUT2D eigenvalue weighted by molar-refractivity contribution is 9.10. The molecule has 0 aliphatic carbocycles. The zero-order chi connectivity index (χ0) is 19.1. The molecule has 0 amide bonds. The van der Waals surface area contributed by atoms with Crippen LogP contribution in [-0.4, -0.2) is 68.4 Å². The summed E-state index contributed by atoms with van der Waals surface area (Å²) in [6, 6.07) is 7.08. The molecule has 0 spiro atoms. The predicted molar refractivity (Wildman–Crippen MR) is 105 cm³/mol. The molecule has 0 bridgehead atoms. The molecule has 1 heterocycles. The minimum absolute atomic E-state index is 0.168. The van der Waals surface area contributed by atoms with E-state index in [-0.39, 0.29) is 17.7 Å². The fourth-order valence-corrected chi connectivity index (χ4v) is 3.20. The van der Waals surface area contributed by atoms with Crippen molar-refractivity contribution < 1.29 is 14.3 Å². The summed E-state index contributed by atoms with van der Waals surface area (Å²) in [6.07, 6.45) is 1.71. The Balaban J connectivity index is 2.00. The maximum atomic E-state index is 12.3. The summed E-state index contributed by atoms with van der Waals surface area (Å²) in [4.78, 5) is 29.0. The van der Waals surface area contributed by atoms with Gasteiger partial charge in [-0.25, -0.2) is 0 Å². The van der Waals surface area contributed by atoms with Gasteiger partial charge >= 0.3 is 5.97 Å². The standard InChI is InChI=1S/C19H26BrN3O3/c1-22-7-9-23(10-8-22)13-15(19(25)26-2)11-17(21)12-18(24)14-3-5-16(20)6-4-14/h3-6,12,15H,7-11,13,21H2,1-2H3/b17-12-. The van der Waals surface area contributed by atoms with Gasteiger partial charge in [-0.1, -0.05) is 15.9 Å². The number of ketones is 1. The fraction of sp³-hybridized carbons (Fsp3) is 0.474. The molecule has 1 atom stereocenters. The zero-order valence-electron chi connectivity index (χ0n) is 15.3. The van der Waals surface area contributed by atoms with E-state index in [1.807, 2.05) is 12.1 Å². The van der Waals surface area contributed by atoms with E-state index in [2.05, 4.69) is 32.8 Å². The molecule has 1 aliphatic rings. The van der Waals surface area contributed by atoms with Crippen LogP contribution >= 0.6 is 15.9 Å². The van der Waals surface area contributed by atoms with Crippen molar-refractivity contribution in [2.45, 2.75) is 6.42 Å². The van der Waals surface area contributed by atoms with E-state index in [1.165, 1.54) is 13.2 Å². The maximum absolute atomic E-state index is 12.3. The molecule has 2 rings (SSSR count). The molecule has 1 aromatic carbocycles. The van der Waals surface area contributed by atoms with E-state index in [4.69, 9.17) is 10.5 Å². The van der Waals surface area contributed by atoms with Crippen molar-refractivity contribution in [2.24, 2.45) is 11.7 Å². The summed E-state index contributed by atoms with van der Waals surface area (Å²) in [5, 5.41) is 0. The summed E-state index contributed by atoms with van der Waals surface area (Å²) >= 11 is 3.34. The van der Waals surface area contributed by atoms with Gasteiger partial charge in [-0.05, 0) is 31.3 Å². The third-order valence-electron chi connectivity index (χ3n) is 4.54. The second-order valence-corrected chi connectivity index (χ2v) is 7.53. The Bertz CT molecular complexity index is 652. The number of carbonyl (C=O) groups excluding carboxylic acids is 2. The first-order valence-electron chi connectivity index (χ1n) is 8.63. The summed E-state index contributed by atoms with van der Waals surface area (Å²) in [6.45, 7) is 4.35. The Morgan fingerprint density at radius 2 is 1.85 bits per heavy atom. The third kappa shape index (κ3) is 6.23. The van der Waals surface area contributed by atoms with E-state index < -0.39 is 0 Å². The smallest absolute Gasteiger partial charge is 0.310 e. The molecule has 6 nitrogen and oxygen atoms in total. The lowest BCUT2D eigenvalue weighted by Crippen LogP contribution is -2.47. The van der Waals surface area contributed by atoms with Gasteiger partial charge in [0.1, 0.15) is 0 Å². The average molecular weight is 424 g/mol. The lowest BCUT2D eigenvalue weighted by atomic mass is 10.0. The minimum atomic E-state index is -0.377. The first kappa shape index (κ1) is 20.6. The van der Waals surface area contributed by atoms with Gasteiger partial charge in [0.15, 0.2) is 5.78 Å². The molecule has 2 N–H and O–H groups in total. The molecule has 7 heteroatoms. The number of ether oxygens (including phenoxy) is 1. The Hall–Kier alpha value is -1.70. The maximum Gasteiger partial charge on any atom is 0.310 e. The lowest BCUT2D eigenvalue weighted by Gasteiger charge is -2.34. The van der Waals surface area contributed by atoms with Crippen molar-refractivity contribution in [3.63, 3.8) is 0 Å². The zero-order valence-corrected chi connectivity index (χ0v) is 16.9. The second-order valence-electron chi connectivity index (χ2n) is 6.62. The van der Waals surface area contributed by atoms with E-state index in [0.29, 0.717) is 24.2 Å². The summed E-state index contributed by atoms with van der Waals surface area (Å²) in [5.41, 5.74) is 7.01. The number of allylic oxidation sites excluding steroid dienone is 2. The number of piperazine rings is 1. The second kappa shape index (κ2) is 9.85. The molecular formula is C19H26BrN3O3. The van der Waals surface area contributed by atoms with Crippen LogP contribution in [0.3, 0.4) is 0 Å². The normalized spacial score (nSPS) is 17.7. The SMILES string of the molecule is COC(=O)C(C/C(N)=C/C(=O)c1ccc(Br)cc1)CN1CCN(C)CC1. The molecule has 26 heavy (non-hydrogen) atoms. The summed E-state index contributed by atoms with van der Waals surface area (Å²) in [5.74, 6) is -0.841. The van der Waals surface area contributed by atoms with Crippen LogP contribution in [0.15, 0.2) is 40.5 Å². The molecule has 1 unspecified atom stereocenters. The summed E-state index contributed by atoms with van der Waals surface area (Å²) in [7, 11) is 3.47. The number of halogens is 1. The number of likely N-dealkylation sites (N-methyl/N-ethyl adjacent to an activating group) is 1. The van der Waals surface area contributed by atoms with Gasteiger partial charge in [0.05, 0.1) is 13.0 Å². The number of hydrogen-bond donors (Lipinski definition) is 1. The van der Waals surface area contributed by atoms with Crippen LogP contribution in [0.1, 0.15) is 16.8 Å². The van der Waals surface area contributed by atoms with E-state index >= 15 is 0 Å². The van der Waals surface area contributed by atoms with Gasteiger partial charge in [-0.3, -0.25) is 14.5 Å². The quantitative estimate of drug-likeness (QED) is 0.410. The topological polar surface area (TPSA) is 75.9 Å². The molecule has 142 valence electrons. The Labute approximate surface area is 163 Å². The van der Waals surface area contributed by atoms with E-state index in [1.54, 1.807) is 12.1 Å². The van der Waals surface area contributed by atoms with Crippen LogP contribution in [0.2, 0.25) is 0 Å². The third-order valence-corrected chi connectivity index (χ3v) is 5.06. The highest BCUT2D eigenvalue weighted by Gasteiger charge is 2.25. The molecule has 1 aromatic rings. The van der Waals surface area contributed by atoms with E-state index in [9.17, 15) is 9.59 Å². The van der Waals surface area contributed by atoms with Gasteiger partial charge < -0.3 is 15.4 Å². The van der Waals surface area contributed by atoms with Crippen LogP contribution in [0.5, 0.6) is 0 Å². The first-order valence-corrected chi connectivity index (χ1v) is 9.43. The number of nitrogens with two attached hydrogens (primary N) is 1. The Kier molecular flexibility index (Phi) is 7.81. The lowest BCUT2D eigenvalue weighted by molar-refractivity contribution is -0.146. The molecule has 0 aromatic heterocycles. The largest absolute Gasteiger partial charge is 0.469 e. The minimum Gasteiger partial charge on any atom is -0.469 e. The van der Waals surface area contributed by atoms with Crippen LogP contribution in [-0.2, 0) is 9.53 Å². The number of rotatable bonds is 7. The van der Waals surface area contributed by atoms with E-state index in [0.717, 1.165) is 30.7 Å². The molecule has 1 aliphatic heterocycles. The van der Waals surface area contributed by atoms with Gasteiger partial charge in [0.2, 0.25) is 0 Å². The molecular weight excluding hydrogens is 398 g/mol. The van der Waals surface area contributed by atoms with Gasteiger partial charge in [-0.2, -0.15) is 0 Å².